The molecule has 5 heteroatoms. The van der Waals surface area contributed by atoms with E-state index in [-0.39, 0.29) is 29.8 Å². The average Bonchev–Trinajstić information content (AvgIpc) is 3.10. The Balaban J connectivity index is 1.58. The largest absolute Gasteiger partial charge is 0.395 e. The van der Waals surface area contributed by atoms with Crippen molar-refractivity contribution in [3.05, 3.63) is 12.2 Å². The van der Waals surface area contributed by atoms with Gasteiger partial charge < -0.3 is 19.3 Å². The van der Waals surface area contributed by atoms with E-state index in [1.54, 1.807) is 0 Å². The van der Waals surface area contributed by atoms with Gasteiger partial charge in [0.15, 0.2) is 0 Å². The first-order chi connectivity index (χ1) is 12.1. The van der Waals surface area contributed by atoms with Crippen LogP contribution in [0.3, 0.4) is 0 Å². The molecular formula is C20H31NO4. The second-order valence-corrected chi connectivity index (χ2v) is 9.05. The maximum Gasteiger partial charge on any atom is 0.147 e. The van der Waals surface area contributed by atoms with Crippen molar-refractivity contribution in [3.8, 4) is 0 Å². The normalized spacial score (nSPS) is 54.7. The second kappa shape index (κ2) is 5.77. The molecule has 3 saturated heterocycles. The number of aliphatic hydroxyl groups is 1. The third-order valence-electron chi connectivity index (χ3n) is 8.19. The van der Waals surface area contributed by atoms with E-state index in [0.29, 0.717) is 30.6 Å². The van der Waals surface area contributed by atoms with Gasteiger partial charge in [-0.15, -0.1) is 0 Å². The third kappa shape index (κ3) is 2.19. The van der Waals surface area contributed by atoms with E-state index in [0.717, 1.165) is 25.9 Å². The van der Waals surface area contributed by atoms with Gasteiger partial charge in [0.1, 0.15) is 6.79 Å². The molecule has 8 atom stereocenters. The fourth-order valence-electron chi connectivity index (χ4n) is 6.89. The Morgan fingerprint density at radius 1 is 1.20 bits per heavy atom. The lowest BCUT2D eigenvalue weighted by Crippen LogP contribution is -2.71. The van der Waals surface area contributed by atoms with Gasteiger partial charge in [-0.2, -0.15) is 0 Å². The number of piperidine rings is 2. The van der Waals surface area contributed by atoms with Gasteiger partial charge in [-0.25, -0.2) is 0 Å². The summed E-state index contributed by atoms with van der Waals surface area (Å²) in [6.45, 7) is 5.16. The van der Waals surface area contributed by atoms with E-state index in [1.165, 1.54) is 12.8 Å². The summed E-state index contributed by atoms with van der Waals surface area (Å²) in [4.78, 5) is 2.67. The summed E-state index contributed by atoms with van der Waals surface area (Å²) in [5.74, 6) is 1.50. The van der Waals surface area contributed by atoms with Gasteiger partial charge in [-0.3, -0.25) is 4.90 Å². The lowest BCUT2D eigenvalue weighted by atomic mass is 9.50. The van der Waals surface area contributed by atoms with Gasteiger partial charge in [-0.1, -0.05) is 12.2 Å². The van der Waals surface area contributed by atoms with Crippen molar-refractivity contribution in [2.24, 2.45) is 23.2 Å². The molecule has 1 saturated carbocycles. The zero-order chi connectivity index (χ0) is 17.2. The molecule has 2 aliphatic carbocycles. The minimum atomic E-state index is -0.223. The lowest BCUT2D eigenvalue weighted by molar-refractivity contribution is -0.176. The minimum absolute atomic E-state index is 0.164. The van der Waals surface area contributed by atoms with Gasteiger partial charge in [0.2, 0.25) is 0 Å². The topological polar surface area (TPSA) is 51.2 Å². The quantitative estimate of drug-likeness (QED) is 0.771. The number of ether oxygens (including phenoxy) is 3. The van der Waals surface area contributed by atoms with Gasteiger partial charge in [-0.05, 0) is 51.0 Å². The summed E-state index contributed by atoms with van der Waals surface area (Å²) in [6, 6.07) is 0.376. The van der Waals surface area contributed by atoms with E-state index in [2.05, 4.69) is 24.0 Å². The van der Waals surface area contributed by atoms with Crippen molar-refractivity contribution in [1.82, 2.24) is 4.90 Å². The van der Waals surface area contributed by atoms with Gasteiger partial charge in [0, 0.05) is 31.0 Å². The van der Waals surface area contributed by atoms with Gasteiger partial charge in [0.05, 0.1) is 24.4 Å². The van der Waals surface area contributed by atoms with Crippen LogP contribution in [0.15, 0.2) is 12.2 Å². The van der Waals surface area contributed by atoms with Crippen LogP contribution in [0.25, 0.3) is 0 Å². The maximum atomic E-state index is 10.7. The average molecular weight is 349 g/mol. The molecule has 4 fully saturated rings. The van der Waals surface area contributed by atoms with Crippen molar-refractivity contribution in [3.63, 3.8) is 0 Å². The minimum Gasteiger partial charge on any atom is -0.395 e. The highest BCUT2D eigenvalue weighted by molar-refractivity contribution is 5.26. The second-order valence-electron chi connectivity index (χ2n) is 9.05. The van der Waals surface area contributed by atoms with Crippen molar-refractivity contribution >= 4 is 0 Å². The molecule has 0 amide bonds. The molecule has 5 nitrogen and oxygen atoms in total. The molecule has 0 aromatic carbocycles. The monoisotopic (exact) mass is 349 g/mol. The third-order valence-corrected chi connectivity index (χ3v) is 8.19. The summed E-state index contributed by atoms with van der Waals surface area (Å²) in [5, 5.41) is 10.7. The van der Waals surface area contributed by atoms with Crippen LogP contribution in [0.2, 0.25) is 0 Å². The zero-order valence-corrected chi connectivity index (χ0v) is 15.4. The van der Waals surface area contributed by atoms with E-state index in [9.17, 15) is 5.11 Å². The Morgan fingerprint density at radius 2 is 2.00 bits per heavy atom. The molecule has 3 heterocycles. The molecule has 3 aliphatic heterocycles. The number of aliphatic hydroxyl groups excluding tert-OH is 1. The van der Waals surface area contributed by atoms with Crippen LogP contribution in [-0.4, -0.2) is 67.5 Å². The van der Waals surface area contributed by atoms with E-state index >= 15 is 0 Å². The Morgan fingerprint density at radius 3 is 2.76 bits per heavy atom. The highest BCUT2D eigenvalue weighted by Gasteiger charge is 2.63. The molecule has 0 aromatic heterocycles. The smallest absolute Gasteiger partial charge is 0.147 e. The van der Waals surface area contributed by atoms with Crippen LogP contribution in [0.5, 0.6) is 0 Å². The summed E-state index contributed by atoms with van der Waals surface area (Å²) >= 11 is 0. The summed E-state index contributed by atoms with van der Waals surface area (Å²) in [6.07, 6.45) is 9.53. The van der Waals surface area contributed by atoms with Crippen LogP contribution in [-0.2, 0) is 14.2 Å². The molecule has 6 unspecified atom stereocenters. The molecule has 25 heavy (non-hydrogen) atoms. The first-order valence-electron chi connectivity index (χ1n) is 9.95. The molecular weight excluding hydrogens is 318 g/mol. The van der Waals surface area contributed by atoms with Crippen molar-refractivity contribution in [1.29, 1.82) is 0 Å². The van der Waals surface area contributed by atoms with Crippen LogP contribution in [0.1, 0.15) is 32.6 Å². The molecule has 0 spiro atoms. The Labute approximate surface area is 150 Å². The Bertz CT molecular complexity index is 568. The van der Waals surface area contributed by atoms with E-state index in [1.807, 2.05) is 7.11 Å². The predicted octanol–water partition coefficient (Wildman–Crippen LogP) is 1.80. The lowest BCUT2D eigenvalue weighted by Gasteiger charge is -2.65. The predicted molar refractivity (Wildman–Crippen MR) is 93.0 cm³/mol. The highest BCUT2D eigenvalue weighted by Crippen LogP contribution is 2.59. The molecule has 0 radical (unpaired) electrons. The molecule has 0 aromatic rings. The number of methoxy groups -OCH3 is 1. The van der Waals surface area contributed by atoms with Crippen molar-refractivity contribution in [2.75, 3.05) is 33.6 Å². The number of hydrogen-bond acceptors (Lipinski definition) is 5. The maximum absolute atomic E-state index is 10.7. The SMILES string of the molecule is COC1(C)C=CC2(CO)[C@@H]3CC4OCOC4CC3CN3CCCC1[C@@H]32. The number of nitrogens with zero attached hydrogens (tertiary/aromatic N) is 1. The fraction of sp³-hybridized carbons (Fsp3) is 0.900. The Hall–Kier alpha value is -0.460. The zero-order valence-electron chi connectivity index (χ0n) is 15.4. The van der Waals surface area contributed by atoms with Crippen LogP contribution in [0.4, 0.5) is 0 Å². The van der Waals surface area contributed by atoms with Crippen LogP contribution < -0.4 is 0 Å². The first-order valence-corrected chi connectivity index (χ1v) is 9.95. The van der Waals surface area contributed by atoms with Crippen molar-refractivity contribution in [2.45, 2.75) is 56.5 Å². The summed E-state index contributed by atoms with van der Waals surface area (Å²) in [5.41, 5.74) is -0.387. The van der Waals surface area contributed by atoms with Crippen molar-refractivity contribution < 1.29 is 19.3 Å². The van der Waals surface area contributed by atoms with Crippen LogP contribution >= 0.6 is 0 Å². The highest BCUT2D eigenvalue weighted by atomic mass is 16.7. The first kappa shape index (κ1) is 16.7. The summed E-state index contributed by atoms with van der Waals surface area (Å²) < 4.78 is 17.7. The number of hydrogen-bond donors (Lipinski definition) is 1. The fourth-order valence-corrected chi connectivity index (χ4v) is 6.89. The standard InChI is InChI=1S/C20H31NO4/c1-19(23-2)5-6-20(11-22)15-9-17-16(24-12-25-17)8-13(15)10-21-7-3-4-14(19)18(20)21/h5-6,13-18,22H,3-4,7-12H2,1-2H3/t13?,14?,15-,16?,17?,18-,19?,20?/m1/s1. The number of fused-ring (bicyclic) bond motifs is 3. The van der Waals surface area contributed by atoms with E-state index in [4.69, 9.17) is 14.2 Å². The number of rotatable bonds is 2. The molecule has 5 rings (SSSR count). The van der Waals surface area contributed by atoms with E-state index < -0.39 is 0 Å². The van der Waals surface area contributed by atoms with Gasteiger partial charge >= 0.3 is 0 Å². The molecule has 1 N–H and O–H groups in total. The molecule has 5 aliphatic rings. The molecule has 140 valence electrons. The Kier molecular flexibility index (Phi) is 3.85. The summed E-state index contributed by atoms with van der Waals surface area (Å²) in [7, 11) is 1.83. The molecule has 0 bridgehead atoms. The van der Waals surface area contributed by atoms with Gasteiger partial charge in [0.25, 0.3) is 0 Å². The van der Waals surface area contributed by atoms with Crippen LogP contribution in [0, 0.1) is 23.2 Å².